The highest BCUT2D eigenvalue weighted by atomic mass is 31.1. The van der Waals surface area contributed by atoms with Crippen LogP contribution in [0.5, 0.6) is 23.0 Å². The summed E-state index contributed by atoms with van der Waals surface area (Å²) in [6.45, 7) is 6.60. The number of hydrogen-bond acceptors (Lipinski definition) is 9. The number of aromatic nitrogens is 3. The van der Waals surface area contributed by atoms with E-state index in [0.717, 1.165) is 6.07 Å². The molecule has 0 saturated heterocycles. The summed E-state index contributed by atoms with van der Waals surface area (Å²) in [5.41, 5.74) is 4.97. The van der Waals surface area contributed by atoms with Gasteiger partial charge in [-0.15, -0.1) is 0 Å². The summed E-state index contributed by atoms with van der Waals surface area (Å²) < 4.78 is 40.8. The van der Waals surface area contributed by atoms with E-state index in [0.29, 0.717) is 28.1 Å². The van der Waals surface area contributed by atoms with E-state index in [1.54, 1.807) is 57.4 Å². The van der Waals surface area contributed by atoms with Gasteiger partial charge >= 0.3 is 11.5 Å². The molecule has 1 amide bonds. The summed E-state index contributed by atoms with van der Waals surface area (Å²) in [4.78, 5) is 41.8. The van der Waals surface area contributed by atoms with Crippen LogP contribution in [0.2, 0.25) is 0 Å². The Labute approximate surface area is 253 Å². The number of halogens is 1. The summed E-state index contributed by atoms with van der Waals surface area (Å²) >= 11 is 0. The van der Waals surface area contributed by atoms with Crippen LogP contribution in [-0.4, -0.2) is 64.8 Å². The molecule has 2 heterocycles. The van der Waals surface area contributed by atoms with E-state index in [4.69, 9.17) is 24.7 Å². The third-order valence-corrected chi connectivity index (χ3v) is 7.70. The van der Waals surface area contributed by atoms with Gasteiger partial charge in [-0.3, -0.25) is 24.0 Å². The van der Waals surface area contributed by atoms with Gasteiger partial charge < -0.3 is 30.0 Å². The number of carbonyl (C=O) groups is 2. The number of anilines is 1. The molecule has 2 aromatic heterocycles. The van der Waals surface area contributed by atoms with Crippen LogP contribution in [-0.2, 0) is 16.6 Å². The Bertz CT molecular complexity index is 1830. The first-order valence-corrected chi connectivity index (χ1v) is 15.3. The van der Waals surface area contributed by atoms with Gasteiger partial charge in [0.2, 0.25) is 7.70 Å². The van der Waals surface area contributed by atoms with E-state index in [1.807, 2.05) is 0 Å². The van der Waals surface area contributed by atoms with Crippen LogP contribution in [0, 0.1) is 12.7 Å². The molecular weight excluding hydrogens is 592 g/mol. The summed E-state index contributed by atoms with van der Waals surface area (Å²) in [6.07, 6.45) is 5.42. The van der Waals surface area contributed by atoms with Crippen LogP contribution in [0.25, 0.3) is 10.9 Å². The second-order valence-electron chi connectivity index (χ2n) is 10.5. The molecule has 0 saturated carbocycles. The third kappa shape index (κ3) is 6.74. The molecule has 12 nitrogen and oxygen atoms in total. The highest BCUT2D eigenvalue weighted by Gasteiger charge is 2.26. The third-order valence-electron chi connectivity index (χ3n) is 6.61. The molecule has 0 fully saturated rings. The van der Waals surface area contributed by atoms with Crippen molar-refractivity contribution in [2.45, 2.75) is 26.4 Å². The Balaban J connectivity index is 1.56. The van der Waals surface area contributed by atoms with Gasteiger partial charge in [-0.05, 0) is 45.0 Å². The maximum atomic E-state index is 15.2. The van der Waals surface area contributed by atoms with Gasteiger partial charge in [0.1, 0.15) is 30.2 Å². The van der Waals surface area contributed by atoms with Gasteiger partial charge in [0.05, 0.1) is 31.2 Å². The molecule has 0 bridgehead atoms. The molecule has 1 atom stereocenters. The van der Waals surface area contributed by atoms with E-state index >= 15 is 4.39 Å². The molecule has 1 unspecified atom stereocenters. The quantitative estimate of drug-likeness (QED) is 0.185. The summed E-state index contributed by atoms with van der Waals surface area (Å²) in [6, 6.07) is 8.78. The van der Waals surface area contributed by atoms with Crippen molar-refractivity contribution in [1.29, 1.82) is 0 Å². The minimum Gasteiger partial charge on any atom is -0.493 e. The number of ether oxygens (including phenoxy) is 4. The lowest BCUT2D eigenvalue weighted by Gasteiger charge is -2.25. The predicted molar refractivity (Wildman–Crippen MR) is 167 cm³/mol. The number of nitrogens with two attached hydrogens (primary N) is 1. The minimum absolute atomic E-state index is 0.0145. The number of benzene rings is 2. The largest absolute Gasteiger partial charge is 0.493 e. The highest BCUT2D eigenvalue weighted by Crippen LogP contribution is 2.38. The number of amides is 1. The highest BCUT2D eigenvalue weighted by molar-refractivity contribution is 7.53. The van der Waals surface area contributed by atoms with Crippen molar-refractivity contribution in [2.24, 2.45) is 12.8 Å². The van der Waals surface area contributed by atoms with Gasteiger partial charge in [-0.2, -0.15) is 0 Å². The van der Waals surface area contributed by atoms with Gasteiger partial charge in [0, 0.05) is 36.5 Å². The van der Waals surface area contributed by atoms with Gasteiger partial charge in [-0.1, -0.05) is 4.45 Å². The van der Waals surface area contributed by atoms with E-state index in [1.165, 1.54) is 29.9 Å². The van der Waals surface area contributed by atoms with Crippen molar-refractivity contribution < 1.29 is 32.9 Å². The van der Waals surface area contributed by atoms with Crippen LogP contribution in [0.4, 0.5) is 10.1 Å². The molecule has 0 aliphatic heterocycles. The number of methoxy groups -OCH3 is 1. The lowest BCUT2D eigenvalue weighted by Crippen LogP contribution is -2.37. The van der Waals surface area contributed by atoms with Crippen LogP contribution in [0.15, 0.2) is 47.4 Å². The Kier molecular flexibility index (Phi) is 9.41. The van der Waals surface area contributed by atoms with Crippen molar-refractivity contribution >= 4 is 42.5 Å². The summed E-state index contributed by atoms with van der Waals surface area (Å²) in [5, 5.41) is 3.10. The van der Waals surface area contributed by atoms with Crippen molar-refractivity contribution in [3.8, 4) is 23.0 Å². The fourth-order valence-electron chi connectivity index (χ4n) is 4.43. The van der Waals surface area contributed by atoms with E-state index in [2.05, 4.69) is 16.6 Å². The molecule has 2 aromatic carbocycles. The first kappa shape index (κ1) is 32.2. The average Bonchev–Trinajstić information content (AvgIpc) is 3.19. The number of rotatable bonds is 11. The number of nitrogens with one attached hydrogen (secondary N) is 1. The smallest absolute Gasteiger partial charge is 0.321 e. The van der Waals surface area contributed by atoms with Gasteiger partial charge in [0.25, 0.3) is 5.91 Å². The standard InChI is InChI=1S/C30H33FN5O7P/c1-17-27(29(39)36(35(17)4)44(6)7)28(38)34-18-8-9-23(20(31)12-18)42-22-10-11-33-21-14-25(24(40-5)13-19(21)22)41-16-30(2,3)43-26(37)15-32/h8-14H,6,15-16,32H2,1-5,7H3/p+1. The normalized spacial score (nSPS) is 11.7. The molecule has 232 valence electrons. The first-order chi connectivity index (χ1) is 20.8. The number of carbonyl (C=O) groups excluding carboxylic acids is 2. The Morgan fingerprint density at radius 2 is 1.86 bits per heavy atom. The molecule has 0 aliphatic rings. The number of fused-ring (bicyclic) bond motifs is 1. The Hall–Kier alpha value is -4.74. The molecule has 44 heavy (non-hydrogen) atoms. The van der Waals surface area contributed by atoms with Gasteiger partial charge in [0.15, 0.2) is 23.1 Å². The molecule has 0 spiro atoms. The summed E-state index contributed by atoms with van der Waals surface area (Å²) in [5.74, 6) is -1.08. The number of hydrogen-bond donors (Lipinski definition) is 2. The van der Waals surface area contributed by atoms with E-state index in [-0.39, 0.29) is 35.9 Å². The molecule has 4 aromatic rings. The average molecular weight is 627 g/mol. The second-order valence-corrected chi connectivity index (χ2v) is 12.2. The van der Waals surface area contributed by atoms with Crippen molar-refractivity contribution in [2.75, 3.05) is 32.2 Å². The summed E-state index contributed by atoms with van der Waals surface area (Å²) in [7, 11) is 2.08. The van der Waals surface area contributed by atoms with E-state index < -0.39 is 36.5 Å². The second kappa shape index (κ2) is 12.9. The molecule has 0 aliphatic carbocycles. The van der Waals surface area contributed by atoms with Crippen LogP contribution in [0.3, 0.4) is 0 Å². The predicted octanol–water partition coefficient (Wildman–Crippen LogP) is 4.20. The molecule has 0 radical (unpaired) electrons. The monoisotopic (exact) mass is 626 g/mol. The lowest BCUT2D eigenvalue weighted by molar-refractivity contribution is -0.157. The SMILES string of the molecule is C=[P+](C)n1c(=O)c(C(=O)Nc2ccc(Oc3ccnc4cc(OCC(C)(C)OC(=O)CN)c(OC)cc34)c(F)c2)c(C)n1C. The van der Waals surface area contributed by atoms with Crippen molar-refractivity contribution in [3.05, 3.63) is 70.0 Å². The molecule has 3 N–H and O–H groups in total. The fourth-order valence-corrected chi connectivity index (χ4v) is 5.44. The lowest BCUT2D eigenvalue weighted by atomic mass is 10.1. The first-order valence-electron chi connectivity index (χ1n) is 13.4. The minimum atomic E-state index is -1.06. The van der Waals surface area contributed by atoms with Crippen LogP contribution >= 0.6 is 7.70 Å². The number of pyridine rings is 1. The topological polar surface area (TPSA) is 149 Å². The van der Waals surface area contributed by atoms with Crippen molar-refractivity contribution in [1.82, 2.24) is 14.1 Å². The zero-order valence-electron chi connectivity index (χ0n) is 25.3. The molecular formula is C30H34FN5O7P+. The zero-order chi connectivity index (χ0) is 32.3. The number of nitrogens with zero attached hydrogens (tertiary/aromatic N) is 3. The number of esters is 1. The van der Waals surface area contributed by atoms with Gasteiger partial charge in [-0.25, -0.2) is 4.39 Å². The maximum Gasteiger partial charge on any atom is 0.321 e. The fraction of sp³-hybridized carbons (Fsp3) is 0.300. The molecule has 4 rings (SSSR count). The Morgan fingerprint density at radius 3 is 2.48 bits per heavy atom. The maximum absolute atomic E-state index is 15.2. The van der Waals surface area contributed by atoms with Crippen LogP contribution < -0.4 is 30.8 Å². The van der Waals surface area contributed by atoms with Crippen molar-refractivity contribution in [3.63, 3.8) is 0 Å². The van der Waals surface area contributed by atoms with E-state index in [9.17, 15) is 14.4 Å². The van der Waals surface area contributed by atoms with Crippen LogP contribution in [0.1, 0.15) is 29.9 Å². The molecule has 14 heteroatoms. The Morgan fingerprint density at radius 1 is 1.14 bits per heavy atom. The zero-order valence-corrected chi connectivity index (χ0v) is 26.2.